The summed E-state index contributed by atoms with van der Waals surface area (Å²) in [6, 6.07) is 6.79. The summed E-state index contributed by atoms with van der Waals surface area (Å²) in [6.07, 6.45) is 2.48. The second-order valence-electron chi connectivity index (χ2n) is 5.16. The number of benzene rings is 1. The number of carbonyl (C=O) groups is 2. The average molecular weight is 288 g/mol. The molecule has 1 saturated heterocycles. The predicted octanol–water partition coefficient (Wildman–Crippen LogP) is 1.70. The van der Waals surface area contributed by atoms with Crippen LogP contribution < -0.4 is 15.4 Å². The molecule has 0 saturated carbocycles. The Hall–Kier alpha value is -2.30. The van der Waals surface area contributed by atoms with Gasteiger partial charge in [-0.1, -0.05) is 32.4 Å². The molecule has 1 fully saturated rings. The number of hydrogen-bond donors (Lipinski definition) is 2. The first-order chi connectivity index (χ1) is 10.0. The highest BCUT2D eigenvalue weighted by Gasteiger charge is 2.32. The van der Waals surface area contributed by atoms with Crippen LogP contribution in [0.1, 0.15) is 25.8 Å². The van der Waals surface area contributed by atoms with Crippen molar-refractivity contribution in [1.82, 2.24) is 10.6 Å². The van der Waals surface area contributed by atoms with Crippen molar-refractivity contribution in [3.8, 4) is 5.75 Å². The summed E-state index contributed by atoms with van der Waals surface area (Å²) >= 11 is 0. The van der Waals surface area contributed by atoms with Crippen LogP contribution in [-0.4, -0.2) is 25.0 Å². The molecular formula is C16H20N2O3. The second kappa shape index (κ2) is 6.43. The van der Waals surface area contributed by atoms with Crippen molar-refractivity contribution in [2.45, 2.75) is 26.3 Å². The molecular weight excluding hydrogens is 268 g/mol. The van der Waals surface area contributed by atoms with Crippen LogP contribution >= 0.6 is 0 Å². The van der Waals surface area contributed by atoms with Crippen LogP contribution in [0.5, 0.6) is 5.75 Å². The molecule has 2 amide bonds. The van der Waals surface area contributed by atoms with Gasteiger partial charge in [0.05, 0.1) is 7.11 Å². The molecule has 21 heavy (non-hydrogen) atoms. The third-order valence-corrected chi connectivity index (χ3v) is 3.71. The van der Waals surface area contributed by atoms with Gasteiger partial charge in [-0.2, -0.15) is 0 Å². The van der Waals surface area contributed by atoms with E-state index in [1.165, 1.54) is 0 Å². The first kappa shape index (κ1) is 15.1. The zero-order valence-electron chi connectivity index (χ0n) is 12.5. The molecule has 1 aromatic carbocycles. The molecule has 2 N–H and O–H groups in total. The fourth-order valence-corrected chi connectivity index (χ4v) is 2.16. The maximum Gasteiger partial charge on any atom is 0.268 e. The zero-order valence-corrected chi connectivity index (χ0v) is 12.5. The van der Waals surface area contributed by atoms with Crippen molar-refractivity contribution in [2.75, 3.05) is 7.11 Å². The summed E-state index contributed by atoms with van der Waals surface area (Å²) in [5.74, 6) is 0.432. The van der Waals surface area contributed by atoms with Crippen LogP contribution in [0.25, 0.3) is 6.08 Å². The van der Waals surface area contributed by atoms with Gasteiger partial charge in [-0.25, -0.2) is 0 Å². The predicted molar refractivity (Wildman–Crippen MR) is 80.5 cm³/mol. The van der Waals surface area contributed by atoms with Crippen LogP contribution in [-0.2, 0) is 9.59 Å². The van der Waals surface area contributed by atoms with Crippen molar-refractivity contribution < 1.29 is 14.3 Å². The Bertz CT molecular complexity index is 563. The van der Waals surface area contributed by atoms with Crippen molar-refractivity contribution in [1.29, 1.82) is 0 Å². The minimum Gasteiger partial charge on any atom is -0.497 e. The van der Waals surface area contributed by atoms with Crippen molar-refractivity contribution in [3.63, 3.8) is 0 Å². The standard InChI is InChI=1S/C16H20N2O3/c1-4-10(2)14-16(20)17-13(15(19)18-14)9-11-5-7-12(21-3)8-6-11/h5-10,14H,4H2,1-3H3,(H,17,20)(H,18,19)/t10-,14-/m1/s1. The number of hydrogen-bond acceptors (Lipinski definition) is 3. The summed E-state index contributed by atoms with van der Waals surface area (Å²) in [5.41, 5.74) is 1.09. The van der Waals surface area contributed by atoms with E-state index in [4.69, 9.17) is 4.74 Å². The first-order valence-electron chi connectivity index (χ1n) is 7.02. The molecule has 5 nitrogen and oxygen atoms in total. The fourth-order valence-electron chi connectivity index (χ4n) is 2.16. The quantitative estimate of drug-likeness (QED) is 0.829. The molecule has 1 heterocycles. The van der Waals surface area contributed by atoms with Gasteiger partial charge in [0.2, 0.25) is 5.91 Å². The van der Waals surface area contributed by atoms with Gasteiger partial charge in [-0.15, -0.1) is 0 Å². The maximum atomic E-state index is 12.1. The third kappa shape index (κ3) is 3.42. The van der Waals surface area contributed by atoms with Crippen molar-refractivity contribution in [3.05, 3.63) is 35.5 Å². The molecule has 1 aromatic rings. The topological polar surface area (TPSA) is 67.4 Å². The number of rotatable bonds is 4. The van der Waals surface area contributed by atoms with Gasteiger partial charge < -0.3 is 15.4 Å². The molecule has 112 valence electrons. The Morgan fingerprint density at radius 2 is 1.95 bits per heavy atom. The number of methoxy groups -OCH3 is 1. The molecule has 5 heteroatoms. The van der Waals surface area contributed by atoms with Crippen LogP contribution in [0.2, 0.25) is 0 Å². The van der Waals surface area contributed by atoms with E-state index in [1.807, 2.05) is 26.0 Å². The van der Waals surface area contributed by atoms with Crippen LogP contribution in [0, 0.1) is 5.92 Å². The number of carbonyl (C=O) groups excluding carboxylic acids is 2. The highest BCUT2D eigenvalue weighted by atomic mass is 16.5. The number of piperazine rings is 1. The third-order valence-electron chi connectivity index (χ3n) is 3.71. The largest absolute Gasteiger partial charge is 0.497 e. The van der Waals surface area contributed by atoms with Crippen LogP contribution in [0.15, 0.2) is 30.0 Å². The molecule has 1 aliphatic rings. The maximum absolute atomic E-state index is 12.1. The van der Waals surface area contributed by atoms with Crippen molar-refractivity contribution in [2.24, 2.45) is 5.92 Å². The van der Waals surface area contributed by atoms with E-state index >= 15 is 0 Å². The molecule has 0 aliphatic carbocycles. The van der Waals surface area contributed by atoms with Gasteiger partial charge in [0.15, 0.2) is 0 Å². The van der Waals surface area contributed by atoms with Gasteiger partial charge in [0.25, 0.3) is 5.91 Å². The van der Waals surface area contributed by atoms with Gasteiger partial charge in [0.1, 0.15) is 17.5 Å². The Labute approximate surface area is 124 Å². The monoisotopic (exact) mass is 288 g/mol. The Kier molecular flexibility index (Phi) is 4.62. The lowest BCUT2D eigenvalue weighted by molar-refractivity contribution is -0.132. The smallest absolute Gasteiger partial charge is 0.268 e. The summed E-state index contributed by atoms with van der Waals surface area (Å²) in [7, 11) is 1.59. The molecule has 2 rings (SSSR count). The molecule has 0 radical (unpaired) electrons. The Morgan fingerprint density at radius 3 is 2.52 bits per heavy atom. The van der Waals surface area contributed by atoms with Crippen molar-refractivity contribution >= 4 is 17.9 Å². The molecule has 0 spiro atoms. The Morgan fingerprint density at radius 1 is 1.29 bits per heavy atom. The SMILES string of the molecule is CC[C@@H](C)[C@H]1NC(=O)C(=Cc2ccc(OC)cc2)NC1=O. The van der Waals surface area contributed by atoms with E-state index in [1.54, 1.807) is 25.3 Å². The average Bonchev–Trinajstić information content (AvgIpc) is 2.50. The van der Waals surface area contributed by atoms with Gasteiger partial charge >= 0.3 is 0 Å². The molecule has 2 atom stereocenters. The van der Waals surface area contributed by atoms with E-state index in [2.05, 4.69) is 10.6 Å². The number of nitrogens with one attached hydrogen (secondary N) is 2. The Balaban J connectivity index is 2.16. The highest BCUT2D eigenvalue weighted by molar-refractivity contribution is 6.07. The minimum absolute atomic E-state index is 0.108. The molecule has 0 bridgehead atoms. The fraction of sp³-hybridized carbons (Fsp3) is 0.375. The van der Waals surface area contributed by atoms with Gasteiger partial charge in [-0.05, 0) is 29.7 Å². The normalized spacial score (nSPS) is 21.7. The summed E-state index contributed by atoms with van der Waals surface area (Å²) in [4.78, 5) is 24.1. The van der Waals surface area contributed by atoms with E-state index in [0.29, 0.717) is 0 Å². The number of amides is 2. The second-order valence-corrected chi connectivity index (χ2v) is 5.16. The first-order valence-corrected chi connectivity index (χ1v) is 7.02. The molecule has 0 unspecified atom stereocenters. The number of ether oxygens (including phenoxy) is 1. The highest BCUT2D eigenvalue weighted by Crippen LogP contribution is 2.16. The minimum atomic E-state index is -0.462. The van der Waals surface area contributed by atoms with Crippen LogP contribution in [0.3, 0.4) is 0 Å². The summed E-state index contributed by atoms with van der Waals surface area (Å²) in [6.45, 7) is 3.94. The summed E-state index contributed by atoms with van der Waals surface area (Å²) < 4.78 is 5.08. The van der Waals surface area contributed by atoms with Gasteiger partial charge in [0, 0.05) is 0 Å². The van der Waals surface area contributed by atoms with Gasteiger partial charge in [-0.3, -0.25) is 9.59 Å². The molecule has 0 aromatic heterocycles. The zero-order chi connectivity index (χ0) is 15.4. The van der Waals surface area contributed by atoms with E-state index in [-0.39, 0.29) is 23.4 Å². The molecule has 1 aliphatic heterocycles. The van der Waals surface area contributed by atoms with E-state index < -0.39 is 6.04 Å². The lowest BCUT2D eigenvalue weighted by atomic mass is 9.96. The van der Waals surface area contributed by atoms with Crippen LogP contribution in [0.4, 0.5) is 0 Å². The summed E-state index contributed by atoms with van der Waals surface area (Å²) in [5, 5.41) is 5.45. The lowest BCUT2D eigenvalue weighted by Gasteiger charge is -2.28. The van der Waals surface area contributed by atoms with E-state index in [0.717, 1.165) is 17.7 Å². The lowest BCUT2D eigenvalue weighted by Crippen LogP contribution is -2.57. The van der Waals surface area contributed by atoms with E-state index in [9.17, 15) is 9.59 Å².